The summed E-state index contributed by atoms with van der Waals surface area (Å²) in [6.07, 6.45) is 0. The van der Waals surface area contributed by atoms with Gasteiger partial charge in [-0.05, 0) is 48.7 Å². The first kappa shape index (κ1) is 21.8. The molecule has 0 saturated carbocycles. The average Bonchev–Trinajstić information content (AvgIpc) is 2.79. The van der Waals surface area contributed by atoms with E-state index in [-0.39, 0.29) is 13.2 Å². The van der Waals surface area contributed by atoms with Crippen molar-refractivity contribution in [2.45, 2.75) is 27.1 Å². The van der Waals surface area contributed by atoms with Gasteiger partial charge in [0.1, 0.15) is 5.69 Å². The lowest BCUT2D eigenvalue weighted by atomic mass is 10.1. The number of aliphatic hydroxyl groups excluding tert-OH is 2. The van der Waals surface area contributed by atoms with E-state index in [9.17, 15) is 15.4 Å². The van der Waals surface area contributed by atoms with Gasteiger partial charge in [0.15, 0.2) is 0 Å². The van der Waals surface area contributed by atoms with Crippen LogP contribution < -0.4 is 15.1 Å². The van der Waals surface area contributed by atoms with Gasteiger partial charge in [-0.1, -0.05) is 6.07 Å². The lowest BCUT2D eigenvalue weighted by molar-refractivity contribution is 0.207. The number of aliphatic hydroxyl groups is 2. The normalized spacial score (nSPS) is 14.8. The zero-order chi connectivity index (χ0) is 21.7. The van der Waals surface area contributed by atoms with Crippen molar-refractivity contribution in [2.75, 3.05) is 38.2 Å². The minimum Gasteiger partial charge on any atom is -0.479 e. The van der Waals surface area contributed by atoms with Crippen molar-refractivity contribution in [3.05, 3.63) is 46.6 Å². The van der Waals surface area contributed by atoms with E-state index in [1.54, 1.807) is 13.2 Å². The molecular formula is C21H29N5O4. The predicted molar refractivity (Wildman–Crippen MR) is 114 cm³/mol. The van der Waals surface area contributed by atoms with Crippen molar-refractivity contribution in [1.29, 1.82) is 0 Å². The number of hydroxylamine groups is 1. The van der Waals surface area contributed by atoms with Crippen LogP contribution >= 0.6 is 0 Å². The van der Waals surface area contributed by atoms with E-state index < -0.39 is 0 Å². The Morgan fingerprint density at radius 3 is 2.23 bits per heavy atom. The Kier molecular flexibility index (Phi) is 7.09. The number of aliphatic imine (C=N–C) groups is 1. The zero-order valence-corrected chi connectivity index (χ0v) is 17.6. The molecule has 9 nitrogen and oxygen atoms in total. The Morgan fingerprint density at radius 1 is 1.07 bits per heavy atom. The molecule has 3 rings (SSSR count). The molecule has 0 radical (unpaired) electrons. The van der Waals surface area contributed by atoms with E-state index >= 15 is 0 Å². The Morgan fingerprint density at radius 2 is 1.70 bits per heavy atom. The van der Waals surface area contributed by atoms with Crippen molar-refractivity contribution in [3.8, 4) is 5.88 Å². The monoisotopic (exact) mass is 415 g/mol. The molecule has 162 valence electrons. The third-order valence-corrected chi connectivity index (χ3v) is 5.28. The molecule has 30 heavy (non-hydrogen) atoms. The average molecular weight is 415 g/mol. The number of rotatable bonds is 5. The number of nitrogens with one attached hydrogen (secondary N) is 1. The summed E-state index contributed by atoms with van der Waals surface area (Å²) in [7, 11) is 1.54. The number of piperazine rings is 1. The topological polar surface area (TPSA) is 114 Å². The second kappa shape index (κ2) is 9.75. The molecular weight excluding hydrogens is 386 g/mol. The molecule has 0 aliphatic carbocycles. The number of guanidine groups is 1. The van der Waals surface area contributed by atoms with Gasteiger partial charge >= 0.3 is 0 Å². The van der Waals surface area contributed by atoms with Gasteiger partial charge in [-0.3, -0.25) is 5.21 Å². The maximum absolute atomic E-state index is 9.69. The SMILES string of the molecule is COc1nc(C)c(C)cc1N=C(NO)N1CCN(c2cc(CO)cc(CO)c2)CC1. The number of hydrogen-bond acceptors (Lipinski definition) is 7. The molecule has 1 saturated heterocycles. The summed E-state index contributed by atoms with van der Waals surface area (Å²) in [4.78, 5) is 13.1. The van der Waals surface area contributed by atoms with Crippen LogP contribution in [0.1, 0.15) is 22.4 Å². The van der Waals surface area contributed by atoms with Crippen LogP contribution in [0.3, 0.4) is 0 Å². The highest BCUT2D eigenvalue weighted by molar-refractivity contribution is 5.83. The lowest BCUT2D eigenvalue weighted by Gasteiger charge is -2.37. The zero-order valence-electron chi connectivity index (χ0n) is 17.6. The molecule has 0 amide bonds. The second-order valence-corrected chi connectivity index (χ2v) is 7.26. The smallest absolute Gasteiger partial charge is 0.240 e. The molecule has 1 aromatic carbocycles. The molecule has 0 atom stereocenters. The molecule has 1 fully saturated rings. The maximum Gasteiger partial charge on any atom is 0.240 e. The van der Waals surface area contributed by atoms with Crippen LogP contribution in [0, 0.1) is 13.8 Å². The van der Waals surface area contributed by atoms with E-state index in [4.69, 9.17) is 4.74 Å². The Balaban J connectivity index is 1.77. The molecule has 0 unspecified atom stereocenters. The van der Waals surface area contributed by atoms with E-state index in [1.165, 1.54) is 0 Å². The van der Waals surface area contributed by atoms with Gasteiger partial charge in [-0.25, -0.2) is 15.5 Å². The first-order valence-electron chi connectivity index (χ1n) is 9.84. The van der Waals surface area contributed by atoms with E-state index in [0.717, 1.165) is 28.1 Å². The number of pyridine rings is 1. The number of benzene rings is 1. The summed E-state index contributed by atoms with van der Waals surface area (Å²) >= 11 is 0. The van der Waals surface area contributed by atoms with Gasteiger partial charge in [0.2, 0.25) is 11.8 Å². The van der Waals surface area contributed by atoms with E-state index in [2.05, 4.69) is 20.4 Å². The first-order valence-corrected chi connectivity index (χ1v) is 9.84. The summed E-state index contributed by atoms with van der Waals surface area (Å²) in [6.45, 7) is 6.37. The van der Waals surface area contributed by atoms with Gasteiger partial charge in [0, 0.05) is 37.6 Å². The van der Waals surface area contributed by atoms with Gasteiger partial charge in [0.25, 0.3) is 0 Å². The van der Waals surface area contributed by atoms with Crippen LogP contribution in [0.2, 0.25) is 0 Å². The van der Waals surface area contributed by atoms with Crippen LogP contribution in [-0.2, 0) is 13.2 Å². The highest BCUT2D eigenvalue weighted by Gasteiger charge is 2.21. The van der Waals surface area contributed by atoms with Crippen LogP contribution in [0.15, 0.2) is 29.3 Å². The van der Waals surface area contributed by atoms with Crippen molar-refractivity contribution >= 4 is 17.3 Å². The number of hydrogen-bond donors (Lipinski definition) is 4. The van der Waals surface area contributed by atoms with Gasteiger partial charge in [-0.15, -0.1) is 0 Å². The quantitative estimate of drug-likeness (QED) is 0.330. The van der Waals surface area contributed by atoms with E-state index in [1.807, 2.05) is 36.9 Å². The number of aromatic nitrogens is 1. The first-order chi connectivity index (χ1) is 14.5. The van der Waals surface area contributed by atoms with Crippen molar-refractivity contribution in [3.63, 3.8) is 0 Å². The second-order valence-electron chi connectivity index (χ2n) is 7.26. The van der Waals surface area contributed by atoms with Crippen LogP contribution in [0.5, 0.6) is 5.88 Å². The molecule has 1 aliphatic rings. The molecule has 1 aliphatic heterocycles. The van der Waals surface area contributed by atoms with Crippen LogP contribution in [0.4, 0.5) is 11.4 Å². The highest BCUT2D eigenvalue weighted by atomic mass is 16.5. The molecule has 2 heterocycles. The number of methoxy groups -OCH3 is 1. The summed E-state index contributed by atoms with van der Waals surface area (Å²) < 4.78 is 5.34. The molecule has 9 heteroatoms. The standard InChI is InChI=1S/C21H29N5O4/c1-14-8-19(20(30-3)22-15(14)2)23-21(24-29)26-6-4-25(5-7-26)18-10-16(12-27)9-17(11-18)13-28/h8-11,27-29H,4-7,12-13H2,1-3H3,(H,23,24). The number of anilines is 1. The van der Waals surface area contributed by atoms with Crippen molar-refractivity contribution in [2.24, 2.45) is 4.99 Å². The van der Waals surface area contributed by atoms with Crippen molar-refractivity contribution in [1.82, 2.24) is 15.4 Å². The molecule has 0 spiro atoms. The fraction of sp³-hybridized carbons (Fsp3) is 0.429. The van der Waals surface area contributed by atoms with Crippen LogP contribution in [0.25, 0.3) is 0 Å². The summed E-state index contributed by atoms with van der Waals surface area (Å²) in [6, 6.07) is 7.54. The minimum atomic E-state index is -0.0715. The molecule has 2 aromatic rings. The molecule has 4 N–H and O–H groups in total. The van der Waals surface area contributed by atoms with E-state index in [0.29, 0.717) is 43.7 Å². The number of aryl methyl sites for hydroxylation is 2. The molecule has 1 aromatic heterocycles. The summed E-state index contributed by atoms with van der Waals surface area (Å²) in [5.41, 5.74) is 7.10. The highest BCUT2D eigenvalue weighted by Crippen LogP contribution is 2.28. The summed E-state index contributed by atoms with van der Waals surface area (Å²) in [5.74, 6) is 0.736. The molecule has 0 bridgehead atoms. The predicted octanol–water partition coefficient (Wildman–Crippen LogP) is 1.48. The fourth-order valence-electron chi connectivity index (χ4n) is 3.46. The number of nitrogens with zero attached hydrogens (tertiary/aromatic N) is 4. The Hall–Kier alpha value is -2.88. The third-order valence-electron chi connectivity index (χ3n) is 5.28. The third kappa shape index (κ3) is 4.81. The van der Waals surface area contributed by atoms with Gasteiger partial charge in [-0.2, -0.15) is 0 Å². The lowest BCUT2D eigenvalue weighted by Crippen LogP contribution is -2.52. The van der Waals surface area contributed by atoms with Crippen LogP contribution in [-0.4, -0.2) is 64.6 Å². The van der Waals surface area contributed by atoms with Crippen molar-refractivity contribution < 1.29 is 20.2 Å². The maximum atomic E-state index is 9.69. The summed E-state index contributed by atoms with van der Waals surface area (Å²) in [5, 5.41) is 28.6. The Bertz CT molecular complexity index is 888. The largest absolute Gasteiger partial charge is 0.479 e. The Labute approximate surface area is 176 Å². The van der Waals surface area contributed by atoms with Gasteiger partial charge in [0.05, 0.1) is 20.3 Å². The number of ether oxygens (including phenoxy) is 1. The minimum absolute atomic E-state index is 0.0715. The fourth-order valence-corrected chi connectivity index (χ4v) is 3.46. The van der Waals surface area contributed by atoms with Gasteiger partial charge < -0.3 is 24.7 Å².